The van der Waals surface area contributed by atoms with Crippen molar-refractivity contribution in [3.8, 4) is 0 Å². The fourth-order valence-electron chi connectivity index (χ4n) is 5.91. The molecule has 0 amide bonds. The third-order valence-electron chi connectivity index (χ3n) is 8.37. The molecule has 0 aliphatic heterocycles. The van der Waals surface area contributed by atoms with Crippen molar-refractivity contribution in [2.75, 3.05) is 13.2 Å². The van der Waals surface area contributed by atoms with Crippen molar-refractivity contribution in [3.63, 3.8) is 0 Å². The summed E-state index contributed by atoms with van der Waals surface area (Å²) in [6.07, 6.45) is 12.9. The largest absolute Gasteiger partial charge is 0.462 e. The van der Waals surface area contributed by atoms with Crippen LogP contribution < -0.4 is 0 Å². The van der Waals surface area contributed by atoms with Crippen LogP contribution in [0.15, 0.2) is 47.5 Å². The molecule has 1 unspecified atom stereocenters. The third kappa shape index (κ3) is 8.77. The van der Waals surface area contributed by atoms with Gasteiger partial charge in [0.1, 0.15) is 0 Å². The monoisotopic (exact) mass is 690 g/mol. The van der Waals surface area contributed by atoms with E-state index in [9.17, 15) is 9.59 Å². The Morgan fingerprint density at radius 1 is 0.689 bits per heavy atom. The van der Waals surface area contributed by atoms with Gasteiger partial charge in [0.2, 0.25) is 0 Å². The number of unbranched alkanes of at least 4 members (excludes halogenated alkanes) is 10. The lowest BCUT2D eigenvalue weighted by Gasteiger charge is -2.27. The summed E-state index contributed by atoms with van der Waals surface area (Å²) in [6, 6.07) is 12.6. The van der Waals surface area contributed by atoms with E-state index in [0.717, 1.165) is 54.9 Å². The molecule has 4 rings (SSSR count). The van der Waals surface area contributed by atoms with E-state index in [4.69, 9.17) is 55.9 Å². The van der Waals surface area contributed by atoms with Gasteiger partial charge < -0.3 is 9.47 Å². The Hall–Kier alpha value is -2.24. The molecule has 0 bridgehead atoms. The molecule has 3 aromatic rings. The Morgan fingerprint density at radius 2 is 1.27 bits per heavy atom. The maximum absolute atomic E-state index is 13.5. The van der Waals surface area contributed by atoms with E-state index in [1.807, 2.05) is 18.2 Å². The van der Waals surface area contributed by atoms with Crippen LogP contribution in [0.3, 0.4) is 0 Å². The molecule has 242 valence electrons. The fraction of sp³-hybridized carbons (Fsp3) is 0.459. The molecule has 0 spiro atoms. The van der Waals surface area contributed by atoms with Crippen molar-refractivity contribution in [2.45, 2.75) is 96.8 Å². The zero-order valence-corrected chi connectivity index (χ0v) is 29.2. The number of carbonyl (C=O) groups is 2. The second-order valence-electron chi connectivity index (χ2n) is 11.7. The summed E-state index contributed by atoms with van der Waals surface area (Å²) in [5.74, 6) is -1.60. The van der Waals surface area contributed by atoms with Gasteiger partial charge in [-0.2, -0.15) is 0 Å². The first-order chi connectivity index (χ1) is 21.8. The van der Waals surface area contributed by atoms with Crippen molar-refractivity contribution in [1.29, 1.82) is 0 Å². The van der Waals surface area contributed by atoms with E-state index in [2.05, 4.69) is 13.8 Å². The van der Waals surface area contributed by atoms with Crippen LogP contribution in [0.5, 0.6) is 0 Å². The summed E-state index contributed by atoms with van der Waals surface area (Å²) >= 11 is 26.8. The fourth-order valence-corrected chi connectivity index (χ4v) is 6.94. The maximum atomic E-state index is 13.5. The molecule has 1 atom stereocenters. The van der Waals surface area contributed by atoms with Crippen LogP contribution >= 0.6 is 46.4 Å². The highest BCUT2D eigenvalue weighted by atomic mass is 35.5. The molecular formula is C37H42Cl4O4. The number of ether oxygens (including phenoxy) is 2. The van der Waals surface area contributed by atoms with Crippen LogP contribution in [-0.4, -0.2) is 25.2 Å². The minimum atomic E-state index is -0.563. The minimum Gasteiger partial charge on any atom is -0.462 e. The van der Waals surface area contributed by atoms with Gasteiger partial charge in [-0.25, -0.2) is 9.59 Å². The number of hydrogen-bond donors (Lipinski definition) is 0. The first kappa shape index (κ1) is 35.6. The summed E-state index contributed by atoms with van der Waals surface area (Å²) in [7, 11) is 0. The second kappa shape index (κ2) is 17.6. The molecule has 45 heavy (non-hydrogen) atoms. The van der Waals surface area contributed by atoms with Crippen molar-refractivity contribution in [2.24, 2.45) is 0 Å². The van der Waals surface area contributed by atoms with Gasteiger partial charge in [-0.05, 0) is 47.6 Å². The van der Waals surface area contributed by atoms with E-state index in [1.54, 1.807) is 24.3 Å². The number of rotatable bonds is 17. The molecule has 3 aromatic carbocycles. The lowest BCUT2D eigenvalue weighted by atomic mass is 9.81. The normalized spacial score (nSPS) is 14.2. The molecule has 0 N–H and O–H groups in total. The summed E-state index contributed by atoms with van der Waals surface area (Å²) in [5, 5.41) is 3.18. The van der Waals surface area contributed by atoms with Crippen LogP contribution in [0.4, 0.5) is 0 Å². The van der Waals surface area contributed by atoms with Gasteiger partial charge in [-0.1, -0.05) is 149 Å². The number of carbonyl (C=O) groups excluding carboxylic acids is 2. The summed E-state index contributed by atoms with van der Waals surface area (Å²) in [5.41, 5.74) is 2.60. The SMILES string of the molecule is CCCCCCCCOC(=O)c1ccc(C2C(Cl)=C(Cl)c3cc(Cl)c(Cl)c4cccc2c34)cc1C(=O)OCCCCCCCC. The molecule has 0 aromatic heterocycles. The Morgan fingerprint density at radius 3 is 1.89 bits per heavy atom. The van der Waals surface area contributed by atoms with Crippen LogP contribution in [0.1, 0.15) is 134 Å². The van der Waals surface area contributed by atoms with E-state index in [1.165, 1.54) is 38.5 Å². The van der Waals surface area contributed by atoms with Crippen molar-refractivity contribution in [1.82, 2.24) is 0 Å². The smallest absolute Gasteiger partial charge is 0.339 e. The Balaban J connectivity index is 1.62. The molecule has 0 fully saturated rings. The highest BCUT2D eigenvalue weighted by molar-refractivity contribution is 6.57. The third-order valence-corrected chi connectivity index (χ3v) is 10.1. The first-order valence-corrected chi connectivity index (χ1v) is 17.8. The number of allylic oxidation sites excluding steroid dienone is 1. The van der Waals surface area contributed by atoms with Crippen LogP contribution in [0.2, 0.25) is 10.0 Å². The van der Waals surface area contributed by atoms with E-state index in [-0.39, 0.29) is 17.7 Å². The zero-order valence-electron chi connectivity index (χ0n) is 26.2. The van der Waals surface area contributed by atoms with Gasteiger partial charge in [-0.3, -0.25) is 0 Å². The second-order valence-corrected chi connectivity index (χ2v) is 13.3. The Kier molecular flexibility index (Phi) is 13.9. The van der Waals surface area contributed by atoms with Crippen LogP contribution in [0.25, 0.3) is 15.8 Å². The van der Waals surface area contributed by atoms with Gasteiger partial charge in [0.25, 0.3) is 0 Å². The summed E-state index contributed by atoms with van der Waals surface area (Å²) in [6.45, 7) is 4.94. The maximum Gasteiger partial charge on any atom is 0.339 e. The lowest BCUT2D eigenvalue weighted by molar-refractivity contribution is 0.0450. The molecule has 0 saturated heterocycles. The molecule has 1 aliphatic carbocycles. The zero-order chi connectivity index (χ0) is 32.3. The van der Waals surface area contributed by atoms with Crippen molar-refractivity contribution >= 4 is 74.1 Å². The quantitative estimate of drug-likeness (QED) is 0.104. The summed E-state index contributed by atoms with van der Waals surface area (Å²) < 4.78 is 11.3. The predicted molar refractivity (Wildman–Crippen MR) is 188 cm³/mol. The number of hydrogen-bond acceptors (Lipinski definition) is 4. The Bertz CT molecular complexity index is 1530. The molecular weight excluding hydrogens is 650 g/mol. The minimum absolute atomic E-state index is 0.152. The molecule has 8 heteroatoms. The molecule has 1 aliphatic rings. The van der Waals surface area contributed by atoms with Gasteiger partial charge in [0, 0.05) is 21.9 Å². The van der Waals surface area contributed by atoms with Gasteiger partial charge in [-0.15, -0.1) is 0 Å². The van der Waals surface area contributed by atoms with Gasteiger partial charge in [0.05, 0.1) is 39.4 Å². The van der Waals surface area contributed by atoms with Gasteiger partial charge in [0.15, 0.2) is 0 Å². The summed E-state index contributed by atoms with van der Waals surface area (Å²) in [4.78, 5) is 26.8. The highest BCUT2D eigenvalue weighted by Crippen LogP contribution is 2.51. The molecule has 0 heterocycles. The Labute approximate surface area is 287 Å². The topological polar surface area (TPSA) is 52.6 Å². The van der Waals surface area contributed by atoms with Crippen molar-refractivity contribution in [3.05, 3.63) is 85.4 Å². The van der Waals surface area contributed by atoms with E-state index in [0.29, 0.717) is 37.8 Å². The van der Waals surface area contributed by atoms with E-state index < -0.39 is 17.9 Å². The lowest BCUT2D eigenvalue weighted by Crippen LogP contribution is -2.17. The van der Waals surface area contributed by atoms with E-state index >= 15 is 0 Å². The van der Waals surface area contributed by atoms with Crippen LogP contribution in [0, 0.1) is 0 Å². The first-order valence-electron chi connectivity index (χ1n) is 16.2. The molecule has 0 radical (unpaired) electrons. The average Bonchev–Trinajstić information content (AvgIpc) is 3.04. The standard InChI is InChI=1S/C37H42Cl4O4/c1-3-5-7-9-11-13-20-44-36(42)25-19-18-24(22-28(25)37(43)45-21-14-12-10-8-6-4-2)31-26-16-15-17-27-32(26)29(34(40)35(31)41)23-30(38)33(27)39/h15-19,22-23,31H,3-14,20-21H2,1-2H3. The average molecular weight is 693 g/mol. The number of benzene rings is 3. The van der Waals surface area contributed by atoms with Gasteiger partial charge >= 0.3 is 11.9 Å². The number of halogens is 4. The molecule has 4 nitrogen and oxygen atoms in total. The van der Waals surface area contributed by atoms with Crippen LogP contribution in [-0.2, 0) is 9.47 Å². The number of esters is 2. The predicted octanol–water partition coefficient (Wildman–Crippen LogP) is 12.5. The molecule has 0 saturated carbocycles. The van der Waals surface area contributed by atoms with Crippen molar-refractivity contribution < 1.29 is 19.1 Å². The highest BCUT2D eigenvalue weighted by Gasteiger charge is 2.32.